The number of hydrogen-bond donors (Lipinski definition) is 1. The average Bonchev–Trinajstić information content (AvgIpc) is 3.17. The second kappa shape index (κ2) is 4.30. The molecule has 0 aliphatic carbocycles. The molecule has 2 aliphatic heterocycles. The molecule has 0 radical (unpaired) electrons. The Morgan fingerprint density at radius 3 is 2.83 bits per heavy atom. The van der Waals surface area contributed by atoms with Gasteiger partial charge in [0, 0.05) is 30.5 Å². The van der Waals surface area contributed by atoms with Crippen molar-refractivity contribution in [1.29, 1.82) is 0 Å². The van der Waals surface area contributed by atoms with E-state index < -0.39 is 0 Å². The lowest BCUT2D eigenvalue weighted by atomic mass is 9.97. The molecule has 2 atom stereocenters. The number of phenols is 1. The largest absolute Gasteiger partial charge is 0.507 e. The Morgan fingerprint density at radius 2 is 2.08 bits per heavy atom. The lowest BCUT2D eigenvalue weighted by Crippen LogP contribution is -2.30. The molecule has 3 aromatic rings. The van der Waals surface area contributed by atoms with Crippen LogP contribution in [0.15, 0.2) is 35.1 Å². The predicted molar refractivity (Wildman–Crippen MR) is 90.8 cm³/mol. The molecule has 0 unspecified atom stereocenters. The number of aromatic nitrogens is 1. The van der Waals surface area contributed by atoms with E-state index in [2.05, 4.69) is 0 Å². The van der Waals surface area contributed by atoms with E-state index >= 15 is 0 Å². The lowest BCUT2D eigenvalue weighted by molar-refractivity contribution is 0.127. The van der Waals surface area contributed by atoms with Crippen molar-refractivity contribution in [2.24, 2.45) is 7.05 Å². The second-order valence-corrected chi connectivity index (χ2v) is 6.91. The minimum atomic E-state index is -0.267. The molecule has 0 amide bonds. The van der Waals surface area contributed by atoms with E-state index in [0.717, 1.165) is 16.6 Å². The highest BCUT2D eigenvalue weighted by Crippen LogP contribution is 2.45. The van der Waals surface area contributed by atoms with Crippen LogP contribution in [0.5, 0.6) is 11.5 Å². The van der Waals surface area contributed by atoms with E-state index in [1.54, 1.807) is 12.1 Å². The highest BCUT2D eigenvalue weighted by molar-refractivity contribution is 5.99. The van der Waals surface area contributed by atoms with Crippen molar-refractivity contribution in [3.8, 4) is 11.5 Å². The standard InChI is InChI=1S/C19H17NO4/c1-19(9-23-19)15-7-11-14(24-15)8-13(21)16-17(11)20(2)12-6-4-3-5-10(12)18(16)22/h3-6,8,15,21H,7,9H2,1-2H3/t15-,19+/m0/s1. The first-order valence-corrected chi connectivity index (χ1v) is 8.06. The van der Waals surface area contributed by atoms with Crippen molar-refractivity contribution >= 4 is 21.8 Å². The Bertz CT molecular complexity index is 1080. The maximum absolute atomic E-state index is 12.9. The highest BCUT2D eigenvalue weighted by Gasteiger charge is 2.51. The van der Waals surface area contributed by atoms with Crippen molar-refractivity contribution in [3.05, 3.63) is 46.1 Å². The summed E-state index contributed by atoms with van der Waals surface area (Å²) in [6.07, 6.45) is 0.591. The van der Waals surface area contributed by atoms with E-state index in [-0.39, 0.29) is 22.9 Å². The van der Waals surface area contributed by atoms with Crippen molar-refractivity contribution in [3.63, 3.8) is 0 Å². The van der Waals surface area contributed by atoms with E-state index in [1.807, 2.05) is 36.7 Å². The van der Waals surface area contributed by atoms with Crippen LogP contribution in [-0.2, 0) is 18.2 Å². The SMILES string of the molecule is Cn1c2ccccc2c(=O)c2c(O)cc3c(c21)C[C@@H]([C@@]1(C)CO1)O3. The average molecular weight is 323 g/mol. The maximum atomic E-state index is 12.9. The van der Waals surface area contributed by atoms with E-state index in [1.165, 1.54) is 0 Å². The molecule has 1 aromatic heterocycles. The Hall–Kier alpha value is -2.53. The van der Waals surface area contributed by atoms with Gasteiger partial charge >= 0.3 is 0 Å². The molecule has 1 saturated heterocycles. The van der Waals surface area contributed by atoms with E-state index in [9.17, 15) is 9.90 Å². The zero-order valence-electron chi connectivity index (χ0n) is 13.5. The molecule has 0 bridgehead atoms. The molecule has 0 saturated carbocycles. The van der Waals surface area contributed by atoms with Crippen LogP contribution in [0.2, 0.25) is 0 Å². The number of aromatic hydroxyl groups is 1. The summed E-state index contributed by atoms with van der Waals surface area (Å²) in [6.45, 7) is 2.71. The number of fused-ring (bicyclic) bond motifs is 4. The molecule has 5 nitrogen and oxygen atoms in total. The van der Waals surface area contributed by atoms with Crippen molar-refractivity contribution < 1.29 is 14.6 Å². The van der Waals surface area contributed by atoms with Gasteiger partial charge < -0.3 is 19.1 Å². The van der Waals surface area contributed by atoms with Gasteiger partial charge in [-0.1, -0.05) is 12.1 Å². The Balaban J connectivity index is 1.88. The van der Waals surface area contributed by atoms with Gasteiger partial charge in [-0.05, 0) is 19.1 Å². The van der Waals surface area contributed by atoms with Gasteiger partial charge in [-0.3, -0.25) is 4.79 Å². The molecule has 5 heteroatoms. The van der Waals surface area contributed by atoms with Gasteiger partial charge in [0.05, 0.1) is 23.0 Å². The zero-order valence-corrected chi connectivity index (χ0v) is 13.5. The number of nitrogens with zero attached hydrogens (tertiary/aromatic N) is 1. The summed E-state index contributed by atoms with van der Waals surface area (Å²) in [7, 11) is 1.92. The van der Waals surface area contributed by atoms with Gasteiger partial charge in [0.15, 0.2) is 0 Å². The Morgan fingerprint density at radius 1 is 1.33 bits per heavy atom. The van der Waals surface area contributed by atoms with Gasteiger partial charge in [-0.25, -0.2) is 0 Å². The molecule has 122 valence electrons. The summed E-state index contributed by atoms with van der Waals surface area (Å²) in [6, 6.07) is 9.03. The number of para-hydroxylation sites is 1. The Labute approximate surface area is 138 Å². The number of benzene rings is 2. The fraction of sp³-hybridized carbons (Fsp3) is 0.316. The molecule has 5 rings (SSSR count). The molecule has 1 N–H and O–H groups in total. The van der Waals surface area contributed by atoms with Crippen LogP contribution in [0.4, 0.5) is 0 Å². The summed E-state index contributed by atoms with van der Waals surface area (Å²) in [5, 5.41) is 11.4. The smallest absolute Gasteiger partial charge is 0.200 e. The first-order chi connectivity index (χ1) is 11.5. The fourth-order valence-corrected chi connectivity index (χ4v) is 3.80. The number of phenolic OH excluding ortho intramolecular Hbond substituents is 1. The van der Waals surface area contributed by atoms with Gasteiger partial charge in [0.1, 0.15) is 23.2 Å². The zero-order chi connectivity index (χ0) is 16.6. The third-order valence-electron chi connectivity index (χ3n) is 5.36. The first-order valence-electron chi connectivity index (χ1n) is 8.06. The van der Waals surface area contributed by atoms with Gasteiger partial charge in [0.25, 0.3) is 0 Å². The summed E-state index contributed by atoms with van der Waals surface area (Å²) in [5.74, 6) is 0.615. The van der Waals surface area contributed by atoms with Crippen molar-refractivity contribution in [1.82, 2.24) is 4.57 Å². The van der Waals surface area contributed by atoms with Crippen LogP contribution < -0.4 is 10.2 Å². The molecule has 1 fully saturated rings. The third-order valence-corrected chi connectivity index (χ3v) is 5.36. The summed E-state index contributed by atoms with van der Waals surface area (Å²) >= 11 is 0. The van der Waals surface area contributed by atoms with Gasteiger partial charge in [0.2, 0.25) is 5.43 Å². The van der Waals surface area contributed by atoms with Crippen LogP contribution in [0.3, 0.4) is 0 Å². The molecule has 2 aliphatic rings. The van der Waals surface area contributed by atoms with Gasteiger partial charge in [-0.2, -0.15) is 0 Å². The number of aryl methyl sites for hydroxylation is 1. The topological polar surface area (TPSA) is 64.0 Å². The normalized spacial score (nSPS) is 25.0. The summed E-state index contributed by atoms with van der Waals surface area (Å²) < 4.78 is 13.5. The number of hydrogen-bond acceptors (Lipinski definition) is 4. The third kappa shape index (κ3) is 1.65. The molecular weight excluding hydrogens is 306 g/mol. The monoisotopic (exact) mass is 323 g/mol. The number of epoxide rings is 1. The quantitative estimate of drug-likeness (QED) is 0.552. The predicted octanol–water partition coefficient (Wildman–Crippen LogP) is 2.49. The molecule has 2 aromatic carbocycles. The van der Waals surface area contributed by atoms with Crippen molar-refractivity contribution in [2.75, 3.05) is 6.61 Å². The first kappa shape index (κ1) is 13.9. The van der Waals surface area contributed by atoms with Gasteiger partial charge in [-0.15, -0.1) is 0 Å². The summed E-state index contributed by atoms with van der Waals surface area (Å²) in [4.78, 5) is 12.9. The maximum Gasteiger partial charge on any atom is 0.200 e. The summed E-state index contributed by atoms with van der Waals surface area (Å²) in [5.41, 5.74) is 2.16. The minimum Gasteiger partial charge on any atom is -0.507 e. The molecule has 24 heavy (non-hydrogen) atoms. The van der Waals surface area contributed by atoms with Crippen LogP contribution >= 0.6 is 0 Å². The number of pyridine rings is 1. The second-order valence-electron chi connectivity index (χ2n) is 6.91. The highest BCUT2D eigenvalue weighted by atomic mass is 16.6. The van der Waals surface area contributed by atoms with Crippen LogP contribution in [0.25, 0.3) is 21.8 Å². The lowest BCUT2D eigenvalue weighted by Gasteiger charge is -2.14. The van der Waals surface area contributed by atoms with Crippen LogP contribution in [0.1, 0.15) is 12.5 Å². The number of ether oxygens (including phenoxy) is 2. The van der Waals surface area contributed by atoms with Crippen molar-refractivity contribution in [2.45, 2.75) is 25.0 Å². The van der Waals surface area contributed by atoms with E-state index in [4.69, 9.17) is 9.47 Å². The van der Waals surface area contributed by atoms with Crippen LogP contribution in [-0.4, -0.2) is 28.0 Å². The van der Waals surface area contributed by atoms with Crippen LogP contribution in [0, 0.1) is 0 Å². The fourth-order valence-electron chi connectivity index (χ4n) is 3.80. The van der Waals surface area contributed by atoms with E-state index in [0.29, 0.717) is 29.5 Å². The number of rotatable bonds is 1. The Kier molecular flexibility index (Phi) is 2.49. The molecule has 0 spiro atoms. The minimum absolute atomic E-state index is 0.0300. The molecular formula is C19H17NO4. The molecule has 3 heterocycles.